The molecule has 0 unspecified atom stereocenters. The SMILES string of the molecule is Cc1ccc(-c2nnc(CNc3ccc(Cl)cc3C(F)(F)F)o2)cc1. The third-order valence-corrected chi connectivity index (χ3v) is 3.72. The summed E-state index contributed by atoms with van der Waals surface area (Å²) in [4.78, 5) is 0. The van der Waals surface area contributed by atoms with Crippen LogP contribution in [0.5, 0.6) is 0 Å². The van der Waals surface area contributed by atoms with Crippen molar-refractivity contribution in [2.45, 2.75) is 19.6 Å². The summed E-state index contributed by atoms with van der Waals surface area (Å²) in [6.45, 7) is 1.92. The summed E-state index contributed by atoms with van der Waals surface area (Å²) in [5.74, 6) is 0.489. The van der Waals surface area contributed by atoms with Crippen LogP contribution in [-0.4, -0.2) is 10.2 Å². The normalized spacial score (nSPS) is 11.6. The lowest BCUT2D eigenvalue weighted by Gasteiger charge is -2.13. The Hall–Kier alpha value is -2.54. The van der Waals surface area contributed by atoms with Gasteiger partial charge in [0, 0.05) is 16.3 Å². The van der Waals surface area contributed by atoms with E-state index in [2.05, 4.69) is 15.5 Å². The van der Waals surface area contributed by atoms with Gasteiger partial charge < -0.3 is 9.73 Å². The van der Waals surface area contributed by atoms with Gasteiger partial charge in [-0.2, -0.15) is 13.2 Å². The van der Waals surface area contributed by atoms with E-state index in [-0.39, 0.29) is 23.1 Å². The zero-order valence-corrected chi connectivity index (χ0v) is 13.8. The molecular formula is C17H13ClF3N3O. The molecule has 3 aromatic rings. The van der Waals surface area contributed by atoms with Crippen molar-refractivity contribution in [2.75, 3.05) is 5.32 Å². The van der Waals surface area contributed by atoms with Gasteiger partial charge in [0.05, 0.1) is 12.1 Å². The molecule has 25 heavy (non-hydrogen) atoms. The van der Waals surface area contributed by atoms with Gasteiger partial charge in [0.25, 0.3) is 0 Å². The standard InChI is InChI=1S/C17H13ClF3N3O/c1-10-2-4-11(5-3-10)16-24-23-15(25-16)9-22-14-7-6-12(18)8-13(14)17(19,20)21/h2-8,22H,9H2,1H3. The van der Waals surface area contributed by atoms with Gasteiger partial charge in [-0.1, -0.05) is 29.3 Å². The molecule has 0 aliphatic rings. The van der Waals surface area contributed by atoms with E-state index in [1.807, 2.05) is 31.2 Å². The Bertz CT molecular complexity index is 876. The zero-order valence-electron chi connectivity index (χ0n) is 13.1. The fourth-order valence-corrected chi connectivity index (χ4v) is 2.39. The number of aromatic nitrogens is 2. The molecule has 4 nitrogen and oxygen atoms in total. The van der Waals surface area contributed by atoms with Crippen molar-refractivity contribution in [1.82, 2.24) is 10.2 Å². The maximum absolute atomic E-state index is 13.1. The molecule has 1 N–H and O–H groups in total. The van der Waals surface area contributed by atoms with E-state index in [4.69, 9.17) is 16.0 Å². The number of halogens is 4. The fourth-order valence-electron chi connectivity index (χ4n) is 2.21. The van der Waals surface area contributed by atoms with Crippen molar-refractivity contribution in [1.29, 1.82) is 0 Å². The van der Waals surface area contributed by atoms with Crippen LogP contribution in [0.3, 0.4) is 0 Å². The maximum atomic E-state index is 13.1. The summed E-state index contributed by atoms with van der Waals surface area (Å²) in [7, 11) is 0. The molecule has 1 aromatic heterocycles. The number of hydrogen-bond acceptors (Lipinski definition) is 4. The third-order valence-electron chi connectivity index (χ3n) is 3.48. The van der Waals surface area contributed by atoms with Gasteiger partial charge in [-0.05, 0) is 37.3 Å². The molecule has 0 amide bonds. The highest BCUT2D eigenvalue weighted by molar-refractivity contribution is 6.30. The molecule has 0 bridgehead atoms. The van der Waals surface area contributed by atoms with Crippen molar-refractivity contribution in [3.63, 3.8) is 0 Å². The van der Waals surface area contributed by atoms with E-state index in [1.165, 1.54) is 12.1 Å². The van der Waals surface area contributed by atoms with Crippen LogP contribution in [0.1, 0.15) is 17.0 Å². The minimum Gasteiger partial charge on any atom is -0.419 e. The first-order valence-electron chi connectivity index (χ1n) is 7.33. The quantitative estimate of drug-likeness (QED) is 0.677. The minimum absolute atomic E-state index is 0.0114. The Morgan fingerprint density at radius 1 is 1.08 bits per heavy atom. The van der Waals surface area contributed by atoms with E-state index < -0.39 is 11.7 Å². The number of benzene rings is 2. The highest BCUT2D eigenvalue weighted by atomic mass is 35.5. The molecule has 0 atom stereocenters. The molecule has 130 valence electrons. The molecule has 0 aliphatic heterocycles. The Morgan fingerprint density at radius 3 is 2.48 bits per heavy atom. The molecule has 0 saturated carbocycles. The van der Waals surface area contributed by atoms with Gasteiger partial charge in [-0.15, -0.1) is 10.2 Å². The van der Waals surface area contributed by atoms with Crippen molar-refractivity contribution in [3.8, 4) is 11.5 Å². The second-order valence-corrected chi connectivity index (χ2v) is 5.84. The van der Waals surface area contributed by atoms with E-state index in [1.54, 1.807) is 0 Å². The van der Waals surface area contributed by atoms with E-state index in [0.29, 0.717) is 5.89 Å². The van der Waals surface area contributed by atoms with Crippen molar-refractivity contribution in [3.05, 3.63) is 64.5 Å². The van der Waals surface area contributed by atoms with Crippen LogP contribution >= 0.6 is 11.6 Å². The highest BCUT2D eigenvalue weighted by Crippen LogP contribution is 2.36. The second-order valence-electron chi connectivity index (χ2n) is 5.41. The predicted molar refractivity (Wildman–Crippen MR) is 88.3 cm³/mol. The van der Waals surface area contributed by atoms with E-state index in [0.717, 1.165) is 17.2 Å². The van der Waals surface area contributed by atoms with Gasteiger partial charge in [-0.3, -0.25) is 0 Å². The van der Waals surface area contributed by atoms with E-state index >= 15 is 0 Å². The average molecular weight is 368 g/mol. The first-order valence-corrected chi connectivity index (χ1v) is 7.71. The zero-order chi connectivity index (χ0) is 18.0. The molecule has 8 heteroatoms. The first kappa shape index (κ1) is 17.3. The minimum atomic E-state index is -4.52. The molecule has 0 spiro atoms. The van der Waals surface area contributed by atoms with Gasteiger partial charge in [-0.25, -0.2) is 0 Å². The van der Waals surface area contributed by atoms with Crippen LogP contribution < -0.4 is 5.32 Å². The summed E-state index contributed by atoms with van der Waals surface area (Å²) in [5.41, 5.74) is 0.879. The van der Waals surface area contributed by atoms with Crippen LogP contribution in [-0.2, 0) is 12.7 Å². The maximum Gasteiger partial charge on any atom is 0.418 e. The Labute approximate surface area is 146 Å². The summed E-state index contributed by atoms with van der Waals surface area (Å²) in [5, 5.41) is 10.4. The number of aryl methyl sites for hydroxylation is 1. The number of hydrogen-bond donors (Lipinski definition) is 1. The molecule has 2 aromatic carbocycles. The second kappa shape index (κ2) is 6.76. The molecule has 0 saturated heterocycles. The monoisotopic (exact) mass is 367 g/mol. The smallest absolute Gasteiger partial charge is 0.418 e. The largest absolute Gasteiger partial charge is 0.419 e. The van der Waals surface area contributed by atoms with Crippen molar-refractivity contribution < 1.29 is 17.6 Å². The number of rotatable bonds is 4. The summed E-state index contributed by atoms with van der Waals surface area (Å²) in [6, 6.07) is 11.0. The first-order chi connectivity index (χ1) is 11.8. The van der Waals surface area contributed by atoms with Crippen molar-refractivity contribution >= 4 is 17.3 Å². The lowest BCUT2D eigenvalue weighted by molar-refractivity contribution is -0.137. The molecule has 0 aliphatic carbocycles. The van der Waals surface area contributed by atoms with Gasteiger partial charge >= 0.3 is 6.18 Å². The topological polar surface area (TPSA) is 51.0 Å². The molecule has 0 radical (unpaired) electrons. The van der Waals surface area contributed by atoms with Crippen LogP contribution in [0.25, 0.3) is 11.5 Å². The number of nitrogens with one attached hydrogen (secondary N) is 1. The lowest BCUT2D eigenvalue weighted by Crippen LogP contribution is -2.11. The summed E-state index contributed by atoms with van der Waals surface area (Å²) >= 11 is 5.65. The molecule has 3 rings (SSSR count). The van der Waals surface area contributed by atoms with E-state index in [9.17, 15) is 13.2 Å². The Kier molecular flexibility index (Phi) is 4.67. The summed E-state index contributed by atoms with van der Waals surface area (Å²) < 4.78 is 44.7. The van der Waals surface area contributed by atoms with Crippen LogP contribution in [0.2, 0.25) is 5.02 Å². The van der Waals surface area contributed by atoms with Crippen LogP contribution in [0, 0.1) is 6.92 Å². The molecular weight excluding hydrogens is 355 g/mol. The number of nitrogens with zero attached hydrogens (tertiary/aromatic N) is 2. The average Bonchev–Trinajstić information content (AvgIpc) is 3.02. The Morgan fingerprint density at radius 2 is 1.80 bits per heavy atom. The number of anilines is 1. The van der Waals surface area contributed by atoms with Gasteiger partial charge in [0.1, 0.15) is 0 Å². The van der Waals surface area contributed by atoms with Gasteiger partial charge in [0.15, 0.2) is 0 Å². The fraction of sp³-hybridized carbons (Fsp3) is 0.176. The lowest BCUT2D eigenvalue weighted by atomic mass is 10.1. The summed E-state index contributed by atoms with van der Waals surface area (Å²) in [6.07, 6.45) is -4.52. The van der Waals surface area contributed by atoms with Crippen LogP contribution in [0.4, 0.5) is 18.9 Å². The van der Waals surface area contributed by atoms with Gasteiger partial charge in [0.2, 0.25) is 11.8 Å². The third kappa shape index (κ3) is 4.11. The van der Waals surface area contributed by atoms with Crippen LogP contribution in [0.15, 0.2) is 46.9 Å². The molecule has 1 heterocycles. The molecule has 0 fully saturated rings. The highest BCUT2D eigenvalue weighted by Gasteiger charge is 2.33. The van der Waals surface area contributed by atoms with Crippen molar-refractivity contribution in [2.24, 2.45) is 0 Å². The predicted octanol–water partition coefficient (Wildman–Crippen LogP) is 5.33. The Balaban J connectivity index is 1.76. The number of alkyl halides is 3.